The topological polar surface area (TPSA) is 24.8 Å². The minimum absolute atomic E-state index is 0.126. The number of benzene rings is 2. The summed E-state index contributed by atoms with van der Waals surface area (Å²) in [5, 5.41) is 0. The fourth-order valence-corrected chi connectivity index (χ4v) is 2.94. The van der Waals surface area contributed by atoms with Crippen molar-refractivity contribution >= 4 is 5.91 Å². The van der Waals surface area contributed by atoms with E-state index in [1.54, 1.807) is 29.2 Å². The first kappa shape index (κ1) is 15.6. The molecule has 23 heavy (non-hydrogen) atoms. The number of hydrogen-bond acceptors (Lipinski definition) is 1. The van der Waals surface area contributed by atoms with E-state index in [-0.39, 0.29) is 17.3 Å². The summed E-state index contributed by atoms with van der Waals surface area (Å²) in [6.45, 7) is 3.45. The molecular formula is C18H19F2N2O+. The van der Waals surface area contributed by atoms with E-state index in [4.69, 9.17) is 0 Å². The molecule has 0 aliphatic carbocycles. The first-order valence-corrected chi connectivity index (χ1v) is 7.75. The van der Waals surface area contributed by atoms with Gasteiger partial charge in [-0.3, -0.25) is 4.79 Å². The summed E-state index contributed by atoms with van der Waals surface area (Å²) in [6, 6.07) is 12.7. The van der Waals surface area contributed by atoms with Gasteiger partial charge in [-0.05, 0) is 24.3 Å². The molecule has 120 valence electrons. The summed E-state index contributed by atoms with van der Waals surface area (Å²) in [4.78, 5) is 15.3. The molecule has 0 spiro atoms. The summed E-state index contributed by atoms with van der Waals surface area (Å²) in [5.74, 6) is -0.963. The zero-order chi connectivity index (χ0) is 16.2. The number of nitrogens with zero attached hydrogens (tertiary/aromatic N) is 1. The second kappa shape index (κ2) is 6.87. The van der Waals surface area contributed by atoms with Crippen LogP contribution in [0.5, 0.6) is 0 Å². The van der Waals surface area contributed by atoms with Gasteiger partial charge in [-0.2, -0.15) is 0 Å². The number of carbonyl (C=O) groups is 1. The Balaban J connectivity index is 1.58. The molecule has 1 amide bonds. The van der Waals surface area contributed by atoms with E-state index >= 15 is 0 Å². The van der Waals surface area contributed by atoms with Crippen molar-refractivity contribution in [2.75, 3.05) is 26.2 Å². The summed E-state index contributed by atoms with van der Waals surface area (Å²) in [5.41, 5.74) is 1.08. The van der Waals surface area contributed by atoms with E-state index in [0.29, 0.717) is 13.1 Å². The first-order valence-electron chi connectivity index (χ1n) is 7.75. The average molecular weight is 317 g/mol. The summed E-state index contributed by atoms with van der Waals surface area (Å²) in [6.07, 6.45) is 0. The summed E-state index contributed by atoms with van der Waals surface area (Å²) < 4.78 is 26.9. The molecular weight excluding hydrogens is 298 g/mol. The number of amides is 1. The molecule has 1 heterocycles. The first-order chi connectivity index (χ1) is 11.1. The van der Waals surface area contributed by atoms with Gasteiger partial charge in [0.25, 0.3) is 5.91 Å². The molecule has 1 aliphatic heterocycles. The quantitative estimate of drug-likeness (QED) is 0.912. The zero-order valence-electron chi connectivity index (χ0n) is 12.8. The normalized spacial score (nSPS) is 15.7. The van der Waals surface area contributed by atoms with Gasteiger partial charge in [-0.15, -0.1) is 0 Å². The Morgan fingerprint density at radius 2 is 1.78 bits per heavy atom. The van der Waals surface area contributed by atoms with Gasteiger partial charge in [-0.1, -0.05) is 24.3 Å². The van der Waals surface area contributed by atoms with Gasteiger partial charge in [0.05, 0.1) is 31.7 Å². The lowest BCUT2D eigenvalue weighted by Gasteiger charge is -2.32. The Kier molecular flexibility index (Phi) is 4.67. The van der Waals surface area contributed by atoms with Crippen LogP contribution in [-0.4, -0.2) is 37.0 Å². The van der Waals surface area contributed by atoms with E-state index in [2.05, 4.69) is 0 Å². The van der Waals surface area contributed by atoms with Gasteiger partial charge < -0.3 is 9.80 Å². The van der Waals surface area contributed by atoms with Crippen molar-refractivity contribution in [2.45, 2.75) is 6.54 Å². The van der Waals surface area contributed by atoms with E-state index in [9.17, 15) is 13.6 Å². The van der Waals surface area contributed by atoms with Gasteiger partial charge in [0.1, 0.15) is 18.2 Å². The maximum Gasteiger partial charge on any atom is 0.257 e. The van der Waals surface area contributed by atoms with Crippen LogP contribution in [0.4, 0.5) is 8.78 Å². The van der Waals surface area contributed by atoms with Crippen molar-refractivity contribution in [3.63, 3.8) is 0 Å². The number of hydrogen-bond donors (Lipinski definition) is 1. The number of piperazine rings is 1. The molecule has 1 aliphatic rings. The number of rotatable bonds is 3. The highest BCUT2D eigenvalue weighted by Gasteiger charge is 2.26. The lowest BCUT2D eigenvalue weighted by atomic mass is 10.1. The van der Waals surface area contributed by atoms with Crippen LogP contribution in [-0.2, 0) is 6.54 Å². The maximum atomic E-state index is 13.7. The molecule has 5 heteroatoms. The van der Waals surface area contributed by atoms with Gasteiger partial charge >= 0.3 is 0 Å². The van der Waals surface area contributed by atoms with Gasteiger partial charge in [0, 0.05) is 5.56 Å². The molecule has 2 aromatic rings. The molecule has 1 N–H and O–H groups in total. The van der Waals surface area contributed by atoms with E-state index in [1.165, 1.54) is 23.1 Å². The second-order valence-corrected chi connectivity index (χ2v) is 5.83. The van der Waals surface area contributed by atoms with Gasteiger partial charge in [-0.25, -0.2) is 8.78 Å². The van der Waals surface area contributed by atoms with Crippen LogP contribution >= 0.6 is 0 Å². The standard InChI is InChI=1S/C18H18F2N2O/c19-15-5-3-4-14(12-15)13-21-8-10-22(11-9-21)18(23)16-6-1-2-7-17(16)20/h1-7,12H,8-11,13H2/p+1. The number of quaternary nitrogens is 1. The highest BCUT2D eigenvalue weighted by atomic mass is 19.1. The predicted octanol–water partition coefficient (Wildman–Crippen LogP) is 1.51. The number of carbonyl (C=O) groups excluding carboxylic acids is 1. The molecule has 1 saturated heterocycles. The Bertz CT molecular complexity index is 697. The van der Waals surface area contributed by atoms with Crippen molar-refractivity contribution in [2.24, 2.45) is 0 Å². The third-order valence-electron chi connectivity index (χ3n) is 4.21. The predicted molar refractivity (Wildman–Crippen MR) is 83.1 cm³/mol. The van der Waals surface area contributed by atoms with Crippen LogP contribution in [0.3, 0.4) is 0 Å². The molecule has 0 radical (unpaired) electrons. The minimum atomic E-state index is -0.480. The van der Waals surface area contributed by atoms with Crippen molar-refractivity contribution in [3.8, 4) is 0 Å². The van der Waals surface area contributed by atoms with Gasteiger partial charge in [0.15, 0.2) is 0 Å². The molecule has 0 saturated carbocycles. The van der Waals surface area contributed by atoms with E-state index in [0.717, 1.165) is 25.2 Å². The third kappa shape index (κ3) is 3.74. The van der Waals surface area contributed by atoms with Crippen LogP contribution in [0.25, 0.3) is 0 Å². The Hall–Kier alpha value is -2.27. The minimum Gasteiger partial charge on any atom is -0.328 e. The maximum absolute atomic E-state index is 13.7. The molecule has 0 bridgehead atoms. The van der Waals surface area contributed by atoms with Crippen LogP contribution in [0.1, 0.15) is 15.9 Å². The largest absolute Gasteiger partial charge is 0.328 e. The van der Waals surface area contributed by atoms with Crippen molar-refractivity contribution in [3.05, 3.63) is 71.3 Å². The van der Waals surface area contributed by atoms with Gasteiger partial charge in [0.2, 0.25) is 0 Å². The zero-order valence-corrected chi connectivity index (χ0v) is 12.8. The van der Waals surface area contributed by atoms with Crippen LogP contribution in [0.2, 0.25) is 0 Å². The van der Waals surface area contributed by atoms with Crippen LogP contribution in [0.15, 0.2) is 48.5 Å². The van der Waals surface area contributed by atoms with E-state index in [1.807, 2.05) is 6.07 Å². The SMILES string of the molecule is O=C(c1ccccc1F)N1CC[NH+](Cc2cccc(F)c2)CC1. The highest BCUT2D eigenvalue weighted by molar-refractivity contribution is 5.94. The lowest BCUT2D eigenvalue weighted by molar-refractivity contribution is -0.917. The summed E-state index contributed by atoms with van der Waals surface area (Å²) in [7, 11) is 0. The fourth-order valence-electron chi connectivity index (χ4n) is 2.94. The third-order valence-corrected chi connectivity index (χ3v) is 4.21. The molecule has 3 rings (SSSR count). The molecule has 3 nitrogen and oxygen atoms in total. The Morgan fingerprint density at radius 1 is 1.04 bits per heavy atom. The lowest BCUT2D eigenvalue weighted by Crippen LogP contribution is -3.13. The molecule has 0 atom stereocenters. The molecule has 0 unspecified atom stereocenters. The van der Waals surface area contributed by atoms with Crippen molar-refractivity contribution < 1.29 is 18.5 Å². The number of nitrogens with one attached hydrogen (secondary N) is 1. The fraction of sp³-hybridized carbons (Fsp3) is 0.278. The number of halogens is 2. The Morgan fingerprint density at radius 3 is 2.48 bits per heavy atom. The van der Waals surface area contributed by atoms with Crippen molar-refractivity contribution in [1.29, 1.82) is 0 Å². The van der Waals surface area contributed by atoms with Crippen molar-refractivity contribution in [1.82, 2.24) is 4.90 Å². The second-order valence-electron chi connectivity index (χ2n) is 5.83. The Labute approximate surface area is 134 Å². The molecule has 2 aromatic carbocycles. The monoisotopic (exact) mass is 317 g/mol. The molecule has 1 fully saturated rings. The smallest absolute Gasteiger partial charge is 0.257 e. The summed E-state index contributed by atoms with van der Waals surface area (Å²) >= 11 is 0. The molecule has 0 aromatic heterocycles. The van der Waals surface area contributed by atoms with E-state index < -0.39 is 5.82 Å². The van der Waals surface area contributed by atoms with Crippen LogP contribution < -0.4 is 4.90 Å². The van der Waals surface area contributed by atoms with Crippen LogP contribution in [0, 0.1) is 11.6 Å². The average Bonchev–Trinajstić information content (AvgIpc) is 2.55. The highest BCUT2D eigenvalue weighted by Crippen LogP contribution is 2.10.